The summed E-state index contributed by atoms with van der Waals surface area (Å²) in [7, 11) is 1.93. The SMILES string of the molecule is Cn1ccnc1-c1nccn1C1CC(=O)N(c2cccc(Cl)c2)C1. The molecule has 24 heavy (non-hydrogen) atoms. The number of rotatable bonds is 3. The molecule has 0 bridgehead atoms. The minimum absolute atomic E-state index is 0.0191. The molecule has 0 N–H and O–H groups in total. The second kappa shape index (κ2) is 5.79. The third-order valence-electron chi connectivity index (χ3n) is 4.31. The van der Waals surface area contributed by atoms with E-state index in [0.29, 0.717) is 18.0 Å². The van der Waals surface area contributed by atoms with Crippen LogP contribution in [0, 0.1) is 0 Å². The Labute approximate surface area is 144 Å². The topological polar surface area (TPSA) is 56.0 Å². The Hall–Kier alpha value is -2.60. The number of aromatic nitrogens is 4. The lowest BCUT2D eigenvalue weighted by Gasteiger charge is -2.18. The summed E-state index contributed by atoms with van der Waals surface area (Å²) in [4.78, 5) is 23.1. The van der Waals surface area contributed by atoms with Crippen molar-refractivity contribution in [1.82, 2.24) is 19.1 Å². The average Bonchev–Trinajstić information content (AvgIpc) is 3.26. The van der Waals surface area contributed by atoms with E-state index in [4.69, 9.17) is 11.6 Å². The van der Waals surface area contributed by atoms with Gasteiger partial charge < -0.3 is 14.0 Å². The van der Waals surface area contributed by atoms with Crippen LogP contribution < -0.4 is 4.90 Å². The summed E-state index contributed by atoms with van der Waals surface area (Å²) in [5.41, 5.74) is 0.827. The fourth-order valence-corrected chi connectivity index (χ4v) is 3.32. The van der Waals surface area contributed by atoms with Gasteiger partial charge in [0.2, 0.25) is 5.91 Å². The first-order valence-electron chi connectivity index (χ1n) is 7.70. The molecule has 1 unspecified atom stereocenters. The number of imidazole rings is 2. The van der Waals surface area contributed by atoms with Crippen LogP contribution in [0.2, 0.25) is 5.02 Å². The molecular formula is C17H16ClN5O. The van der Waals surface area contributed by atoms with Crippen LogP contribution in [-0.2, 0) is 11.8 Å². The van der Waals surface area contributed by atoms with Crippen molar-refractivity contribution < 1.29 is 4.79 Å². The number of benzene rings is 1. The van der Waals surface area contributed by atoms with Gasteiger partial charge in [-0.05, 0) is 18.2 Å². The van der Waals surface area contributed by atoms with E-state index in [1.807, 2.05) is 46.8 Å². The van der Waals surface area contributed by atoms with Gasteiger partial charge in [0.25, 0.3) is 0 Å². The van der Waals surface area contributed by atoms with Crippen molar-refractivity contribution in [3.8, 4) is 11.6 Å². The van der Waals surface area contributed by atoms with Crippen LogP contribution in [0.15, 0.2) is 49.1 Å². The van der Waals surface area contributed by atoms with Gasteiger partial charge in [0.15, 0.2) is 11.6 Å². The summed E-state index contributed by atoms with van der Waals surface area (Å²) in [5, 5.41) is 0.625. The zero-order valence-corrected chi connectivity index (χ0v) is 13.9. The lowest BCUT2D eigenvalue weighted by atomic mass is 10.2. The van der Waals surface area contributed by atoms with E-state index in [1.165, 1.54) is 0 Å². The van der Waals surface area contributed by atoms with Crippen LogP contribution in [0.4, 0.5) is 5.69 Å². The van der Waals surface area contributed by atoms with E-state index in [0.717, 1.165) is 17.3 Å². The van der Waals surface area contributed by atoms with Crippen molar-refractivity contribution in [3.63, 3.8) is 0 Å². The molecular weight excluding hydrogens is 326 g/mol. The number of amides is 1. The first-order valence-corrected chi connectivity index (χ1v) is 8.08. The summed E-state index contributed by atoms with van der Waals surface area (Å²) in [5.74, 6) is 1.64. The Morgan fingerprint density at radius 2 is 1.96 bits per heavy atom. The fourth-order valence-electron chi connectivity index (χ4n) is 3.13. The molecule has 1 fully saturated rings. The number of hydrogen-bond donors (Lipinski definition) is 0. The lowest BCUT2D eigenvalue weighted by molar-refractivity contribution is -0.117. The van der Waals surface area contributed by atoms with Gasteiger partial charge in [0.1, 0.15) is 0 Å². The minimum atomic E-state index is 0.0191. The van der Waals surface area contributed by atoms with Crippen LogP contribution in [0.1, 0.15) is 12.5 Å². The number of anilines is 1. The molecule has 1 aliphatic heterocycles. The van der Waals surface area contributed by atoms with E-state index in [9.17, 15) is 4.79 Å². The highest BCUT2D eigenvalue weighted by molar-refractivity contribution is 6.30. The summed E-state index contributed by atoms with van der Waals surface area (Å²) in [6.07, 6.45) is 7.71. The molecule has 1 aliphatic rings. The molecule has 4 rings (SSSR count). The molecule has 1 saturated heterocycles. The van der Waals surface area contributed by atoms with Crippen molar-refractivity contribution in [1.29, 1.82) is 0 Å². The highest BCUT2D eigenvalue weighted by Crippen LogP contribution is 2.31. The molecule has 3 aromatic rings. The van der Waals surface area contributed by atoms with E-state index in [2.05, 4.69) is 9.97 Å². The second-order valence-electron chi connectivity index (χ2n) is 5.86. The highest BCUT2D eigenvalue weighted by atomic mass is 35.5. The van der Waals surface area contributed by atoms with Crippen molar-refractivity contribution >= 4 is 23.2 Å². The molecule has 6 nitrogen and oxygen atoms in total. The average molecular weight is 342 g/mol. The van der Waals surface area contributed by atoms with Gasteiger partial charge in [-0.15, -0.1) is 0 Å². The number of halogens is 1. The van der Waals surface area contributed by atoms with Crippen LogP contribution >= 0.6 is 11.6 Å². The van der Waals surface area contributed by atoms with E-state index in [1.54, 1.807) is 23.4 Å². The Balaban J connectivity index is 1.65. The Morgan fingerprint density at radius 3 is 2.71 bits per heavy atom. The molecule has 1 aromatic carbocycles. The van der Waals surface area contributed by atoms with Gasteiger partial charge in [0.05, 0.1) is 6.04 Å². The zero-order valence-electron chi connectivity index (χ0n) is 13.1. The van der Waals surface area contributed by atoms with Gasteiger partial charge in [-0.3, -0.25) is 4.79 Å². The predicted molar refractivity (Wildman–Crippen MR) is 91.9 cm³/mol. The minimum Gasteiger partial charge on any atom is -0.331 e. The monoisotopic (exact) mass is 341 g/mol. The van der Waals surface area contributed by atoms with Gasteiger partial charge in [-0.2, -0.15) is 0 Å². The van der Waals surface area contributed by atoms with Crippen LogP contribution in [0.5, 0.6) is 0 Å². The van der Waals surface area contributed by atoms with Crippen LogP contribution in [0.3, 0.4) is 0 Å². The predicted octanol–water partition coefficient (Wildman–Crippen LogP) is 2.92. The number of aryl methyl sites for hydroxylation is 1. The zero-order chi connectivity index (χ0) is 16.7. The molecule has 0 radical (unpaired) electrons. The van der Waals surface area contributed by atoms with Crippen molar-refractivity contribution in [2.75, 3.05) is 11.4 Å². The molecule has 0 spiro atoms. The molecule has 1 atom stereocenters. The van der Waals surface area contributed by atoms with Crippen LogP contribution in [0.25, 0.3) is 11.6 Å². The quantitative estimate of drug-likeness (QED) is 0.736. The maximum absolute atomic E-state index is 12.5. The van der Waals surface area contributed by atoms with Crippen molar-refractivity contribution in [2.45, 2.75) is 12.5 Å². The van der Waals surface area contributed by atoms with Gasteiger partial charge in [-0.25, -0.2) is 9.97 Å². The normalized spacial score (nSPS) is 17.7. The Morgan fingerprint density at radius 1 is 1.17 bits per heavy atom. The summed E-state index contributed by atoms with van der Waals surface area (Å²) in [6.45, 7) is 0.590. The van der Waals surface area contributed by atoms with Crippen LogP contribution in [-0.4, -0.2) is 31.6 Å². The number of carbonyl (C=O) groups is 1. The third-order valence-corrected chi connectivity index (χ3v) is 4.54. The summed E-state index contributed by atoms with van der Waals surface area (Å²) in [6, 6.07) is 7.40. The summed E-state index contributed by atoms with van der Waals surface area (Å²) >= 11 is 6.05. The molecule has 7 heteroatoms. The van der Waals surface area contributed by atoms with E-state index in [-0.39, 0.29) is 11.9 Å². The maximum Gasteiger partial charge on any atom is 0.229 e. The van der Waals surface area contributed by atoms with Gasteiger partial charge >= 0.3 is 0 Å². The second-order valence-corrected chi connectivity index (χ2v) is 6.30. The van der Waals surface area contributed by atoms with Crippen molar-refractivity contribution in [3.05, 3.63) is 54.1 Å². The first-order chi connectivity index (χ1) is 11.6. The molecule has 1 amide bonds. The van der Waals surface area contributed by atoms with Crippen molar-refractivity contribution in [2.24, 2.45) is 7.05 Å². The van der Waals surface area contributed by atoms with E-state index >= 15 is 0 Å². The van der Waals surface area contributed by atoms with Gasteiger partial charge in [0, 0.05) is 55.5 Å². The lowest BCUT2D eigenvalue weighted by Crippen LogP contribution is -2.24. The standard InChI is InChI=1S/C17H16ClN5O/c1-21-7-5-19-16(21)17-20-6-8-22(17)14-10-15(24)23(11-14)13-4-2-3-12(18)9-13/h2-9,14H,10-11H2,1H3. The molecule has 3 heterocycles. The Kier molecular flexibility index (Phi) is 3.61. The number of hydrogen-bond acceptors (Lipinski definition) is 3. The maximum atomic E-state index is 12.5. The molecule has 0 saturated carbocycles. The number of nitrogens with zero attached hydrogens (tertiary/aromatic N) is 5. The number of carbonyl (C=O) groups excluding carboxylic acids is 1. The molecule has 122 valence electrons. The third kappa shape index (κ3) is 2.49. The summed E-state index contributed by atoms with van der Waals surface area (Å²) < 4.78 is 3.95. The molecule has 2 aromatic heterocycles. The molecule has 0 aliphatic carbocycles. The fraction of sp³-hybridized carbons (Fsp3) is 0.235. The van der Waals surface area contributed by atoms with E-state index < -0.39 is 0 Å². The smallest absolute Gasteiger partial charge is 0.229 e. The first kappa shape index (κ1) is 15.0. The highest BCUT2D eigenvalue weighted by Gasteiger charge is 2.33. The Bertz CT molecular complexity index is 900. The largest absolute Gasteiger partial charge is 0.331 e. The van der Waals surface area contributed by atoms with Gasteiger partial charge in [-0.1, -0.05) is 17.7 Å².